The second-order valence-electron chi connectivity index (χ2n) is 6.82. The molecule has 0 bridgehead atoms. The molecular weight excluding hydrogens is 312 g/mol. The molecule has 0 amide bonds. The number of anilines is 2. The van der Waals surface area contributed by atoms with Crippen molar-refractivity contribution in [1.82, 2.24) is 19.8 Å². The molecule has 1 fully saturated rings. The average Bonchev–Trinajstić information content (AvgIpc) is 3.29. The number of aryl methyl sites for hydroxylation is 2. The van der Waals surface area contributed by atoms with E-state index in [-0.39, 0.29) is 0 Å². The highest BCUT2D eigenvalue weighted by Crippen LogP contribution is 2.25. The highest BCUT2D eigenvalue weighted by atomic mass is 15.3. The molecule has 1 aliphatic rings. The number of rotatable bonds is 5. The lowest BCUT2D eigenvalue weighted by Crippen LogP contribution is -2.22. The molecule has 1 aliphatic heterocycles. The van der Waals surface area contributed by atoms with Crippen LogP contribution in [0.5, 0.6) is 0 Å². The number of hydrogen-bond donors (Lipinski definition) is 1. The van der Waals surface area contributed by atoms with Crippen molar-refractivity contribution in [2.45, 2.75) is 26.7 Å². The number of fused-ring (bicyclic) bond motifs is 1. The Labute approximate surface area is 147 Å². The molecular formula is C19H24N6. The van der Waals surface area contributed by atoms with Crippen molar-refractivity contribution in [2.24, 2.45) is 5.92 Å². The van der Waals surface area contributed by atoms with Gasteiger partial charge in [0, 0.05) is 25.3 Å². The molecule has 130 valence electrons. The molecule has 4 rings (SSSR count). The van der Waals surface area contributed by atoms with Crippen molar-refractivity contribution in [3.63, 3.8) is 0 Å². The summed E-state index contributed by atoms with van der Waals surface area (Å²) in [5.41, 5.74) is 5.50. The van der Waals surface area contributed by atoms with Crippen molar-refractivity contribution in [3.8, 4) is 0 Å². The number of aromatic nitrogens is 4. The molecule has 6 heteroatoms. The van der Waals surface area contributed by atoms with Crippen LogP contribution in [0.2, 0.25) is 0 Å². The van der Waals surface area contributed by atoms with Gasteiger partial charge in [-0.05, 0) is 43.9 Å². The molecule has 0 radical (unpaired) electrons. The van der Waals surface area contributed by atoms with Gasteiger partial charge in [-0.3, -0.25) is 0 Å². The normalized spacial score (nSPS) is 17.4. The Hall–Kier alpha value is -2.63. The topological polar surface area (TPSA) is 58.3 Å². The van der Waals surface area contributed by atoms with Crippen LogP contribution in [0, 0.1) is 12.8 Å². The quantitative estimate of drug-likeness (QED) is 0.776. The molecule has 1 saturated heterocycles. The molecule has 3 aromatic rings. The van der Waals surface area contributed by atoms with E-state index in [9.17, 15) is 0 Å². The van der Waals surface area contributed by atoms with E-state index in [1.165, 1.54) is 17.7 Å². The molecule has 6 nitrogen and oxygen atoms in total. The Morgan fingerprint density at radius 1 is 1.24 bits per heavy atom. The summed E-state index contributed by atoms with van der Waals surface area (Å²) in [6, 6.07) is 10.9. The van der Waals surface area contributed by atoms with E-state index in [2.05, 4.69) is 69.7 Å². The van der Waals surface area contributed by atoms with Crippen LogP contribution in [-0.4, -0.2) is 39.4 Å². The predicted molar refractivity (Wildman–Crippen MR) is 100 cm³/mol. The minimum Gasteiger partial charge on any atom is -0.382 e. The first-order valence-corrected chi connectivity index (χ1v) is 8.98. The highest BCUT2D eigenvalue weighted by molar-refractivity contribution is 5.66. The van der Waals surface area contributed by atoms with E-state index in [0.717, 1.165) is 43.1 Å². The van der Waals surface area contributed by atoms with Crippen LogP contribution in [0.25, 0.3) is 5.65 Å². The van der Waals surface area contributed by atoms with Crippen molar-refractivity contribution >= 4 is 17.0 Å². The van der Waals surface area contributed by atoms with Gasteiger partial charge in [0.25, 0.3) is 0 Å². The SMILES string of the molecule is CCc1cc(NCC2CCN(c3ccc(C)cc3)C2)c2nncn2n1. The summed E-state index contributed by atoms with van der Waals surface area (Å²) in [4.78, 5) is 2.47. The predicted octanol–water partition coefficient (Wildman–Crippen LogP) is 2.93. The fourth-order valence-corrected chi connectivity index (χ4v) is 3.43. The number of benzene rings is 1. The molecule has 1 atom stereocenters. The van der Waals surface area contributed by atoms with Gasteiger partial charge in [-0.15, -0.1) is 10.2 Å². The van der Waals surface area contributed by atoms with Gasteiger partial charge >= 0.3 is 0 Å². The fourth-order valence-electron chi connectivity index (χ4n) is 3.43. The maximum absolute atomic E-state index is 4.50. The molecule has 0 spiro atoms. The zero-order valence-corrected chi connectivity index (χ0v) is 14.8. The number of nitrogens with zero attached hydrogens (tertiary/aromatic N) is 5. The summed E-state index contributed by atoms with van der Waals surface area (Å²) in [7, 11) is 0. The Morgan fingerprint density at radius 2 is 2.08 bits per heavy atom. The van der Waals surface area contributed by atoms with Crippen molar-refractivity contribution < 1.29 is 0 Å². The molecule has 2 aromatic heterocycles. The Balaban J connectivity index is 1.42. The van der Waals surface area contributed by atoms with Gasteiger partial charge < -0.3 is 10.2 Å². The smallest absolute Gasteiger partial charge is 0.200 e. The molecule has 1 N–H and O–H groups in total. The monoisotopic (exact) mass is 336 g/mol. The van der Waals surface area contributed by atoms with E-state index >= 15 is 0 Å². The third kappa shape index (κ3) is 3.29. The third-order valence-electron chi connectivity index (χ3n) is 4.95. The Kier molecular flexibility index (Phi) is 4.26. The largest absolute Gasteiger partial charge is 0.382 e. The minimum atomic E-state index is 0.627. The first-order chi connectivity index (χ1) is 12.2. The van der Waals surface area contributed by atoms with Crippen LogP contribution < -0.4 is 10.2 Å². The lowest BCUT2D eigenvalue weighted by atomic mass is 10.1. The third-order valence-corrected chi connectivity index (χ3v) is 4.95. The van der Waals surface area contributed by atoms with E-state index < -0.39 is 0 Å². The van der Waals surface area contributed by atoms with Gasteiger partial charge in [-0.1, -0.05) is 24.6 Å². The van der Waals surface area contributed by atoms with Crippen LogP contribution in [0.1, 0.15) is 24.6 Å². The van der Waals surface area contributed by atoms with Crippen LogP contribution >= 0.6 is 0 Å². The second-order valence-corrected chi connectivity index (χ2v) is 6.82. The van der Waals surface area contributed by atoms with Crippen LogP contribution in [0.4, 0.5) is 11.4 Å². The zero-order chi connectivity index (χ0) is 17.2. The van der Waals surface area contributed by atoms with Crippen molar-refractivity contribution in [3.05, 3.63) is 47.9 Å². The molecule has 0 saturated carbocycles. The Bertz CT molecular complexity index is 854. The van der Waals surface area contributed by atoms with E-state index in [1.807, 2.05) is 0 Å². The molecule has 3 heterocycles. The van der Waals surface area contributed by atoms with Gasteiger partial charge in [0.05, 0.1) is 11.4 Å². The maximum Gasteiger partial charge on any atom is 0.200 e. The lowest BCUT2D eigenvalue weighted by Gasteiger charge is -2.19. The molecule has 0 aliphatic carbocycles. The number of hydrogen-bond acceptors (Lipinski definition) is 5. The molecule has 1 aromatic carbocycles. The minimum absolute atomic E-state index is 0.627. The van der Waals surface area contributed by atoms with Gasteiger partial charge in [-0.2, -0.15) is 9.61 Å². The molecule has 25 heavy (non-hydrogen) atoms. The van der Waals surface area contributed by atoms with Gasteiger partial charge in [-0.25, -0.2) is 0 Å². The molecule has 1 unspecified atom stereocenters. The number of nitrogens with one attached hydrogen (secondary N) is 1. The average molecular weight is 336 g/mol. The van der Waals surface area contributed by atoms with E-state index in [4.69, 9.17) is 0 Å². The lowest BCUT2D eigenvalue weighted by molar-refractivity contribution is 0.622. The zero-order valence-electron chi connectivity index (χ0n) is 14.8. The fraction of sp³-hybridized carbons (Fsp3) is 0.421. The summed E-state index contributed by atoms with van der Waals surface area (Å²) in [6.07, 6.45) is 3.76. The second kappa shape index (κ2) is 6.70. The van der Waals surface area contributed by atoms with Crippen LogP contribution in [0.3, 0.4) is 0 Å². The van der Waals surface area contributed by atoms with Crippen LogP contribution in [0.15, 0.2) is 36.7 Å². The van der Waals surface area contributed by atoms with Crippen LogP contribution in [-0.2, 0) is 6.42 Å². The summed E-state index contributed by atoms with van der Waals surface area (Å²) in [5.74, 6) is 0.627. The summed E-state index contributed by atoms with van der Waals surface area (Å²) in [5, 5.41) is 16.2. The van der Waals surface area contributed by atoms with E-state index in [1.54, 1.807) is 10.8 Å². The first-order valence-electron chi connectivity index (χ1n) is 8.98. The van der Waals surface area contributed by atoms with Gasteiger partial charge in [0.1, 0.15) is 6.33 Å². The van der Waals surface area contributed by atoms with Crippen molar-refractivity contribution in [1.29, 1.82) is 0 Å². The standard InChI is InChI=1S/C19H24N6/c1-3-16-10-18(19-22-21-13-25(19)23-16)20-11-15-8-9-24(12-15)17-6-4-14(2)5-7-17/h4-7,10,13,15,20H,3,8-9,11-12H2,1-2H3. The first kappa shape index (κ1) is 15.9. The summed E-state index contributed by atoms with van der Waals surface area (Å²) in [6.45, 7) is 7.39. The summed E-state index contributed by atoms with van der Waals surface area (Å²) < 4.78 is 1.76. The van der Waals surface area contributed by atoms with Gasteiger partial charge in [0.15, 0.2) is 0 Å². The van der Waals surface area contributed by atoms with Gasteiger partial charge in [0.2, 0.25) is 5.65 Å². The van der Waals surface area contributed by atoms with E-state index in [0.29, 0.717) is 5.92 Å². The maximum atomic E-state index is 4.50. The summed E-state index contributed by atoms with van der Waals surface area (Å²) >= 11 is 0. The van der Waals surface area contributed by atoms with Crippen molar-refractivity contribution in [2.75, 3.05) is 29.9 Å². The highest BCUT2D eigenvalue weighted by Gasteiger charge is 2.23. The Morgan fingerprint density at radius 3 is 2.88 bits per heavy atom.